The summed E-state index contributed by atoms with van der Waals surface area (Å²) in [6.45, 7) is 4.18. The number of pyridine rings is 1. The molecule has 5 nitrogen and oxygen atoms in total. The number of carbonyl (C=O) groups excluding carboxylic acids is 1. The Bertz CT molecular complexity index is 759. The van der Waals surface area contributed by atoms with Gasteiger partial charge in [0.15, 0.2) is 0 Å². The molecule has 1 aliphatic rings. The van der Waals surface area contributed by atoms with Crippen LogP contribution in [0.3, 0.4) is 0 Å². The van der Waals surface area contributed by atoms with Crippen LogP contribution < -0.4 is 10.6 Å². The van der Waals surface area contributed by atoms with Crippen molar-refractivity contribution in [1.29, 1.82) is 0 Å². The summed E-state index contributed by atoms with van der Waals surface area (Å²) in [5, 5.41) is 1.02. The van der Waals surface area contributed by atoms with Gasteiger partial charge >= 0.3 is 0 Å². The van der Waals surface area contributed by atoms with Crippen LogP contribution in [0.15, 0.2) is 42.6 Å². The summed E-state index contributed by atoms with van der Waals surface area (Å²) in [5.41, 5.74) is 6.11. The van der Waals surface area contributed by atoms with Crippen LogP contribution in [0.5, 0.6) is 0 Å². The van der Waals surface area contributed by atoms with E-state index >= 15 is 0 Å². The lowest BCUT2D eigenvalue weighted by molar-refractivity contribution is -0.137. The van der Waals surface area contributed by atoms with Crippen LogP contribution in [-0.2, 0) is 10.3 Å². The van der Waals surface area contributed by atoms with Gasteiger partial charge in [-0.15, -0.1) is 0 Å². The van der Waals surface area contributed by atoms with E-state index in [0.717, 1.165) is 5.56 Å². The maximum Gasteiger partial charge on any atom is 0.247 e. The van der Waals surface area contributed by atoms with E-state index in [9.17, 15) is 4.79 Å². The number of hydrogen-bond donors (Lipinski definition) is 1. The summed E-state index contributed by atoms with van der Waals surface area (Å²) in [7, 11) is 0. The monoisotopic (exact) mass is 378 g/mol. The van der Waals surface area contributed by atoms with Crippen molar-refractivity contribution in [1.82, 2.24) is 9.88 Å². The van der Waals surface area contributed by atoms with Gasteiger partial charge in [-0.2, -0.15) is 0 Å². The number of nitrogens with zero attached hydrogens (tertiary/aromatic N) is 3. The van der Waals surface area contributed by atoms with Crippen molar-refractivity contribution in [3.05, 3.63) is 58.2 Å². The summed E-state index contributed by atoms with van der Waals surface area (Å²) in [6.07, 6.45) is 1.58. The Morgan fingerprint density at radius 3 is 2.40 bits per heavy atom. The number of rotatable bonds is 3. The standard InChI is InChI=1S/C18H20Cl2N4O/c1-18(21,13-5-3-2-4-6-13)17(25)24-9-7-23(8-10-24)16-15(20)11-14(19)12-22-16/h2-6,11-12H,7-10,21H2,1H3. The molecule has 1 aromatic heterocycles. The summed E-state index contributed by atoms with van der Waals surface area (Å²) in [4.78, 5) is 21.1. The molecule has 25 heavy (non-hydrogen) atoms. The molecule has 1 unspecified atom stereocenters. The van der Waals surface area contributed by atoms with Gasteiger partial charge in [-0.1, -0.05) is 53.5 Å². The molecule has 3 rings (SSSR count). The molecule has 1 saturated heterocycles. The maximum atomic E-state index is 12.9. The molecule has 1 aromatic carbocycles. The third-order valence-electron chi connectivity index (χ3n) is 4.47. The fraction of sp³-hybridized carbons (Fsp3) is 0.333. The Morgan fingerprint density at radius 1 is 1.16 bits per heavy atom. The second-order valence-electron chi connectivity index (χ2n) is 6.31. The van der Waals surface area contributed by atoms with Gasteiger partial charge in [0.05, 0.1) is 10.0 Å². The van der Waals surface area contributed by atoms with Gasteiger partial charge in [-0.05, 0) is 18.6 Å². The Kier molecular flexibility index (Phi) is 5.18. The van der Waals surface area contributed by atoms with E-state index in [0.29, 0.717) is 42.0 Å². The molecule has 0 saturated carbocycles. The lowest BCUT2D eigenvalue weighted by Crippen LogP contribution is -2.57. The van der Waals surface area contributed by atoms with Crippen LogP contribution in [0.25, 0.3) is 0 Å². The minimum absolute atomic E-state index is 0.0755. The summed E-state index contributed by atoms with van der Waals surface area (Å²) in [6, 6.07) is 11.1. The van der Waals surface area contributed by atoms with Gasteiger partial charge in [0.1, 0.15) is 11.4 Å². The topological polar surface area (TPSA) is 62.5 Å². The highest BCUT2D eigenvalue weighted by atomic mass is 35.5. The number of amides is 1. The molecule has 1 amide bonds. The minimum Gasteiger partial charge on any atom is -0.352 e. The van der Waals surface area contributed by atoms with Crippen LogP contribution in [0, 0.1) is 0 Å². The Morgan fingerprint density at radius 2 is 1.80 bits per heavy atom. The van der Waals surface area contributed by atoms with E-state index in [4.69, 9.17) is 28.9 Å². The summed E-state index contributed by atoms with van der Waals surface area (Å²) in [5.74, 6) is 0.616. The molecule has 0 bridgehead atoms. The first-order chi connectivity index (χ1) is 11.9. The smallest absolute Gasteiger partial charge is 0.247 e. The van der Waals surface area contributed by atoms with Crippen molar-refractivity contribution in [3.8, 4) is 0 Å². The summed E-state index contributed by atoms with van der Waals surface area (Å²) >= 11 is 12.1. The first-order valence-corrected chi connectivity index (χ1v) is 8.85. The molecule has 1 fully saturated rings. The van der Waals surface area contributed by atoms with Crippen molar-refractivity contribution in [3.63, 3.8) is 0 Å². The highest BCUT2D eigenvalue weighted by molar-refractivity contribution is 6.36. The largest absolute Gasteiger partial charge is 0.352 e. The molecule has 0 aliphatic carbocycles. The number of benzene rings is 1. The van der Waals surface area contributed by atoms with Gasteiger partial charge in [0.25, 0.3) is 0 Å². The number of nitrogens with two attached hydrogens (primary N) is 1. The van der Waals surface area contributed by atoms with Crippen LogP contribution >= 0.6 is 23.2 Å². The van der Waals surface area contributed by atoms with E-state index in [1.165, 1.54) is 0 Å². The highest BCUT2D eigenvalue weighted by Crippen LogP contribution is 2.27. The second kappa shape index (κ2) is 7.20. The number of aromatic nitrogens is 1. The Balaban J connectivity index is 1.68. The van der Waals surface area contributed by atoms with E-state index in [2.05, 4.69) is 9.88 Å². The molecule has 7 heteroatoms. The van der Waals surface area contributed by atoms with E-state index in [1.807, 2.05) is 30.3 Å². The van der Waals surface area contributed by atoms with Crippen LogP contribution in [-0.4, -0.2) is 42.0 Å². The maximum absolute atomic E-state index is 12.9. The molecule has 132 valence electrons. The quantitative estimate of drug-likeness (QED) is 0.891. The zero-order valence-electron chi connectivity index (χ0n) is 14.0. The van der Waals surface area contributed by atoms with Crippen molar-refractivity contribution < 1.29 is 4.79 Å². The first kappa shape index (κ1) is 18.0. The zero-order valence-corrected chi connectivity index (χ0v) is 15.5. The van der Waals surface area contributed by atoms with Crippen molar-refractivity contribution in [2.75, 3.05) is 31.1 Å². The lowest BCUT2D eigenvalue weighted by Gasteiger charge is -2.39. The summed E-state index contributed by atoms with van der Waals surface area (Å²) < 4.78 is 0. The number of piperazine rings is 1. The van der Waals surface area contributed by atoms with E-state index < -0.39 is 5.54 Å². The normalized spacial score (nSPS) is 17.3. The lowest BCUT2D eigenvalue weighted by atomic mass is 9.91. The predicted octanol–water partition coefficient (Wildman–Crippen LogP) is 2.91. The first-order valence-electron chi connectivity index (χ1n) is 8.09. The third-order valence-corrected chi connectivity index (χ3v) is 4.96. The zero-order chi connectivity index (χ0) is 18.0. The highest BCUT2D eigenvalue weighted by Gasteiger charge is 2.36. The van der Waals surface area contributed by atoms with Gasteiger partial charge in [0, 0.05) is 32.4 Å². The average Bonchev–Trinajstić information content (AvgIpc) is 2.62. The second-order valence-corrected chi connectivity index (χ2v) is 7.15. The molecule has 2 aromatic rings. The Hall–Kier alpha value is -1.82. The van der Waals surface area contributed by atoms with Gasteiger partial charge in [0.2, 0.25) is 5.91 Å². The van der Waals surface area contributed by atoms with Crippen LogP contribution in [0.2, 0.25) is 10.0 Å². The fourth-order valence-corrected chi connectivity index (χ4v) is 3.50. The molecule has 1 atom stereocenters. The molecule has 2 N–H and O–H groups in total. The van der Waals surface area contributed by atoms with Gasteiger partial charge < -0.3 is 15.5 Å². The minimum atomic E-state index is -1.04. The molecule has 2 heterocycles. The average molecular weight is 379 g/mol. The number of hydrogen-bond acceptors (Lipinski definition) is 4. The number of carbonyl (C=O) groups is 1. The molecular weight excluding hydrogens is 359 g/mol. The third kappa shape index (κ3) is 3.73. The van der Waals surface area contributed by atoms with E-state index in [1.54, 1.807) is 24.1 Å². The van der Waals surface area contributed by atoms with E-state index in [-0.39, 0.29) is 5.91 Å². The predicted molar refractivity (Wildman–Crippen MR) is 101 cm³/mol. The van der Waals surface area contributed by atoms with Crippen molar-refractivity contribution in [2.45, 2.75) is 12.5 Å². The molecule has 1 aliphatic heterocycles. The number of anilines is 1. The Labute approximate surface area is 157 Å². The fourth-order valence-electron chi connectivity index (χ4n) is 3.00. The van der Waals surface area contributed by atoms with Gasteiger partial charge in [-0.3, -0.25) is 4.79 Å². The van der Waals surface area contributed by atoms with Gasteiger partial charge in [-0.25, -0.2) is 4.98 Å². The molecular formula is C18H20Cl2N4O. The molecule has 0 spiro atoms. The SMILES string of the molecule is CC(N)(C(=O)N1CCN(c2ncc(Cl)cc2Cl)CC1)c1ccccc1. The number of halogens is 2. The van der Waals surface area contributed by atoms with Crippen molar-refractivity contribution in [2.24, 2.45) is 5.73 Å². The molecule has 0 radical (unpaired) electrons. The van der Waals surface area contributed by atoms with Crippen LogP contribution in [0.1, 0.15) is 12.5 Å². The van der Waals surface area contributed by atoms with Crippen molar-refractivity contribution >= 4 is 34.9 Å². The van der Waals surface area contributed by atoms with Crippen LogP contribution in [0.4, 0.5) is 5.82 Å².